The van der Waals surface area contributed by atoms with Gasteiger partial charge in [-0.1, -0.05) is 11.6 Å². The van der Waals surface area contributed by atoms with Crippen molar-refractivity contribution >= 4 is 11.6 Å². The normalized spacial score (nSPS) is 10.3. The third-order valence-electron chi connectivity index (χ3n) is 2.14. The number of rotatable bonds is 1. The zero-order chi connectivity index (χ0) is 10.8. The average molecular weight is 223 g/mol. The highest BCUT2D eigenvalue weighted by molar-refractivity contribution is 6.30. The van der Waals surface area contributed by atoms with Gasteiger partial charge in [-0.3, -0.25) is 0 Å². The molecule has 0 fully saturated rings. The molecule has 1 heterocycles. The summed E-state index contributed by atoms with van der Waals surface area (Å²) in [5.41, 5.74) is 2.36. The Hall–Kier alpha value is -1.48. The molecule has 0 aliphatic heterocycles. The summed E-state index contributed by atoms with van der Waals surface area (Å²) in [7, 11) is 0. The summed E-state index contributed by atoms with van der Waals surface area (Å²) in [6.07, 6.45) is 1.40. The summed E-state index contributed by atoms with van der Waals surface area (Å²) in [4.78, 5) is 7.98. The molecule has 0 saturated heterocycles. The highest BCUT2D eigenvalue weighted by Crippen LogP contribution is 2.24. The monoisotopic (exact) mass is 222 g/mol. The van der Waals surface area contributed by atoms with Crippen LogP contribution in [0.1, 0.15) is 5.56 Å². The molecule has 1 aromatic heterocycles. The van der Waals surface area contributed by atoms with E-state index in [1.54, 1.807) is 12.1 Å². The zero-order valence-corrected chi connectivity index (χ0v) is 8.79. The highest BCUT2D eigenvalue weighted by Gasteiger charge is 2.06. The van der Waals surface area contributed by atoms with E-state index >= 15 is 0 Å². The molecule has 2 aromatic rings. The Morgan fingerprint density at radius 1 is 1.13 bits per heavy atom. The molecule has 2 rings (SSSR count). The van der Waals surface area contributed by atoms with E-state index < -0.39 is 0 Å². The van der Waals surface area contributed by atoms with Gasteiger partial charge in [0, 0.05) is 11.1 Å². The van der Waals surface area contributed by atoms with Crippen LogP contribution in [0.5, 0.6) is 0 Å². The lowest BCUT2D eigenvalue weighted by atomic mass is 10.1. The number of nitrogens with zero attached hydrogens (tertiary/aromatic N) is 2. The fraction of sp³-hybridized carbons (Fsp3) is 0.0909. The Labute approximate surface area is 91.8 Å². The third kappa shape index (κ3) is 1.97. The first-order valence-corrected chi connectivity index (χ1v) is 4.79. The lowest BCUT2D eigenvalue weighted by Gasteiger charge is -2.04. The van der Waals surface area contributed by atoms with Crippen molar-refractivity contribution in [2.24, 2.45) is 0 Å². The maximum absolute atomic E-state index is 12.7. The Kier molecular flexibility index (Phi) is 2.64. The summed E-state index contributed by atoms with van der Waals surface area (Å²) >= 11 is 5.87. The van der Waals surface area contributed by atoms with Crippen molar-refractivity contribution in [1.82, 2.24) is 9.97 Å². The second-order valence-corrected chi connectivity index (χ2v) is 3.50. The van der Waals surface area contributed by atoms with E-state index in [9.17, 15) is 4.39 Å². The molecule has 0 amide bonds. The van der Waals surface area contributed by atoms with Crippen LogP contribution in [0.4, 0.5) is 4.39 Å². The molecule has 76 valence electrons. The van der Waals surface area contributed by atoms with Gasteiger partial charge in [0.05, 0.1) is 5.69 Å². The third-order valence-corrected chi connectivity index (χ3v) is 2.52. The topological polar surface area (TPSA) is 25.8 Å². The number of benzene rings is 1. The smallest absolute Gasteiger partial charge is 0.135 e. The minimum atomic E-state index is -0.267. The molecule has 0 radical (unpaired) electrons. The molecule has 0 bridgehead atoms. The zero-order valence-electron chi connectivity index (χ0n) is 8.04. The van der Waals surface area contributed by atoms with Crippen molar-refractivity contribution in [2.75, 3.05) is 0 Å². The molecule has 0 spiro atoms. The van der Waals surface area contributed by atoms with Crippen LogP contribution in [0.25, 0.3) is 11.3 Å². The molecule has 0 unspecified atom stereocenters. The minimum absolute atomic E-state index is 0.267. The van der Waals surface area contributed by atoms with Gasteiger partial charge in [-0.2, -0.15) is 0 Å². The van der Waals surface area contributed by atoms with Gasteiger partial charge in [0.15, 0.2) is 0 Å². The summed E-state index contributed by atoms with van der Waals surface area (Å²) in [5.74, 6) is -0.267. The lowest BCUT2D eigenvalue weighted by Crippen LogP contribution is -1.91. The lowest BCUT2D eigenvalue weighted by molar-refractivity contribution is 0.628. The summed E-state index contributed by atoms with van der Waals surface area (Å²) in [5, 5.41) is 0.421. The van der Waals surface area contributed by atoms with Crippen LogP contribution in [0, 0.1) is 12.7 Å². The first-order valence-electron chi connectivity index (χ1n) is 4.41. The van der Waals surface area contributed by atoms with E-state index in [1.807, 2.05) is 6.92 Å². The summed E-state index contributed by atoms with van der Waals surface area (Å²) in [6, 6.07) is 6.12. The van der Waals surface area contributed by atoms with Crippen LogP contribution in [0.3, 0.4) is 0 Å². The molecule has 0 aliphatic carbocycles. The van der Waals surface area contributed by atoms with E-state index in [0.29, 0.717) is 5.15 Å². The second kappa shape index (κ2) is 3.95. The first kappa shape index (κ1) is 10.1. The van der Waals surface area contributed by atoms with Gasteiger partial charge in [-0.25, -0.2) is 14.4 Å². The van der Waals surface area contributed by atoms with Crippen LogP contribution < -0.4 is 0 Å². The molecular weight excluding hydrogens is 215 g/mol. The molecule has 15 heavy (non-hydrogen) atoms. The van der Waals surface area contributed by atoms with Crippen molar-refractivity contribution in [3.05, 3.63) is 47.1 Å². The van der Waals surface area contributed by atoms with Gasteiger partial charge in [-0.05, 0) is 31.2 Å². The average Bonchev–Trinajstić information content (AvgIpc) is 2.24. The number of hydrogen-bond donors (Lipinski definition) is 0. The van der Waals surface area contributed by atoms with Gasteiger partial charge < -0.3 is 0 Å². The van der Waals surface area contributed by atoms with Crippen LogP contribution >= 0.6 is 11.6 Å². The highest BCUT2D eigenvalue weighted by atomic mass is 35.5. The fourth-order valence-electron chi connectivity index (χ4n) is 1.33. The first-order chi connectivity index (χ1) is 7.18. The van der Waals surface area contributed by atoms with Gasteiger partial charge in [0.1, 0.15) is 17.3 Å². The van der Waals surface area contributed by atoms with Crippen LogP contribution in [-0.4, -0.2) is 9.97 Å². The summed E-state index contributed by atoms with van der Waals surface area (Å²) in [6.45, 7) is 1.83. The van der Waals surface area contributed by atoms with E-state index in [2.05, 4.69) is 9.97 Å². The molecule has 1 aromatic carbocycles. The van der Waals surface area contributed by atoms with E-state index in [4.69, 9.17) is 11.6 Å². The predicted molar refractivity (Wildman–Crippen MR) is 57.2 cm³/mol. The molecule has 0 N–H and O–H groups in total. The van der Waals surface area contributed by atoms with E-state index in [1.165, 1.54) is 18.5 Å². The van der Waals surface area contributed by atoms with E-state index in [0.717, 1.165) is 16.8 Å². The standard InChI is InChI=1S/C11H8ClFN2/c1-7-10(14-6-15-11(7)12)8-2-4-9(13)5-3-8/h2-6H,1H3. The Morgan fingerprint density at radius 2 is 1.80 bits per heavy atom. The van der Waals surface area contributed by atoms with Crippen molar-refractivity contribution in [3.63, 3.8) is 0 Å². The van der Waals surface area contributed by atoms with Gasteiger partial charge in [-0.15, -0.1) is 0 Å². The van der Waals surface area contributed by atoms with Crippen molar-refractivity contribution in [3.8, 4) is 11.3 Å². The molecule has 4 heteroatoms. The largest absolute Gasteiger partial charge is 0.236 e. The quantitative estimate of drug-likeness (QED) is 0.693. The van der Waals surface area contributed by atoms with Crippen LogP contribution in [0.2, 0.25) is 5.15 Å². The van der Waals surface area contributed by atoms with E-state index in [-0.39, 0.29) is 5.82 Å². The minimum Gasteiger partial charge on any atom is -0.236 e. The fourth-order valence-corrected chi connectivity index (χ4v) is 1.46. The van der Waals surface area contributed by atoms with Gasteiger partial charge >= 0.3 is 0 Å². The molecular formula is C11H8ClFN2. The Balaban J connectivity index is 2.54. The number of hydrogen-bond acceptors (Lipinski definition) is 2. The molecule has 0 atom stereocenters. The molecule has 2 nitrogen and oxygen atoms in total. The number of aromatic nitrogens is 2. The second-order valence-electron chi connectivity index (χ2n) is 3.14. The summed E-state index contributed by atoms with van der Waals surface area (Å²) < 4.78 is 12.7. The molecule has 0 aliphatic rings. The van der Waals surface area contributed by atoms with Gasteiger partial charge in [0.25, 0.3) is 0 Å². The predicted octanol–water partition coefficient (Wildman–Crippen LogP) is 3.24. The SMILES string of the molecule is Cc1c(Cl)ncnc1-c1ccc(F)cc1. The van der Waals surface area contributed by atoms with Crippen molar-refractivity contribution in [1.29, 1.82) is 0 Å². The maximum Gasteiger partial charge on any atom is 0.135 e. The van der Waals surface area contributed by atoms with Gasteiger partial charge in [0.2, 0.25) is 0 Å². The molecule has 0 saturated carbocycles. The van der Waals surface area contributed by atoms with Crippen molar-refractivity contribution < 1.29 is 4.39 Å². The maximum atomic E-state index is 12.7. The number of halogens is 2. The van der Waals surface area contributed by atoms with Crippen molar-refractivity contribution in [2.45, 2.75) is 6.92 Å². The Morgan fingerprint density at radius 3 is 2.47 bits per heavy atom. The van der Waals surface area contributed by atoms with Crippen LogP contribution in [0.15, 0.2) is 30.6 Å². The van der Waals surface area contributed by atoms with Crippen LogP contribution in [-0.2, 0) is 0 Å². The Bertz CT molecular complexity index is 482.